The van der Waals surface area contributed by atoms with E-state index in [0.717, 1.165) is 4.31 Å². The third-order valence-electron chi connectivity index (χ3n) is 3.08. The number of rotatable bonds is 7. The molecule has 0 saturated heterocycles. The Morgan fingerprint density at radius 1 is 1.30 bits per heavy atom. The van der Waals surface area contributed by atoms with Gasteiger partial charge in [-0.3, -0.25) is 4.79 Å². The van der Waals surface area contributed by atoms with Crippen molar-refractivity contribution in [1.82, 2.24) is 9.03 Å². The quantitative estimate of drug-likeness (QED) is 0.787. The zero-order valence-corrected chi connectivity index (χ0v) is 12.6. The van der Waals surface area contributed by atoms with Crippen LogP contribution in [-0.2, 0) is 15.0 Å². The first-order valence-electron chi connectivity index (χ1n) is 6.26. The average molecular weight is 300 g/mol. The molecule has 0 aliphatic heterocycles. The monoisotopic (exact) mass is 300 g/mol. The van der Waals surface area contributed by atoms with E-state index < -0.39 is 22.1 Å². The van der Waals surface area contributed by atoms with Gasteiger partial charge in [-0.25, -0.2) is 4.72 Å². The van der Waals surface area contributed by atoms with Gasteiger partial charge < -0.3 is 5.11 Å². The molecule has 0 aliphatic rings. The van der Waals surface area contributed by atoms with Crippen molar-refractivity contribution in [2.45, 2.75) is 25.8 Å². The summed E-state index contributed by atoms with van der Waals surface area (Å²) in [6.07, 6.45) is 0. The van der Waals surface area contributed by atoms with Gasteiger partial charge in [-0.05, 0) is 19.4 Å². The van der Waals surface area contributed by atoms with E-state index in [9.17, 15) is 18.3 Å². The summed E-state index contributed by atoms with van der Waals surface area (Å²) in [5.41, 5.74) is 0.565. The SMILES string of the molecule is CC(C)N(C)S(=O)(=O)NCC(C(=O)O)c1ccccc1. The standard InChI is InChI=1S/C13H20N2O4S/c1-10(2)15(3)20(18,19)14-9-12(13(16)17)11-7-5-4-6-8-11/h4-8,10,12,14H,9H2,1-3H3,(H,16,17). The maximum atomic E-state index is 12.0. The smallest absolute Gasteiger partial charge is 0.312 e. The molecule has 0 spiro atoms. The van der Waals surface area contributed by atoms with Crippen LogP contribution >= 0.6 is 0 Å². The van der Waals surface area contributed by atoms with Crippen LogP contribution in [0.5, 0.6) is 0 Å². The van der Waals surface area contributed by atoms with Crippen molar-refractivity contribution in [3.63, 3.8) is 0 Å². The fourth-order valence-electron chi connectivity index (χ4n) is 1.60. The molecule has 0 amide bonds. The van der Waals surface area contributed by atoms with Crippen LogP contribution in [0.25, 0.3) is 0 Å². The van der Waals surface area contributed by atoms with Crippen molar-refractivity contribution in [1.29, 1.82) is 0 Å². The van der Waals surface area contributed by atoms with Crippen LogP contribution in [0.2, 0.25) is 0 Å². The van der Waals surface area contributed by atoms with Gasteiger partial charge in [0.05, 0.1) is 5.92 Å². The first kappa shape index (κ1) is 16.6. The van der Waals surface area contributed by atoms with Crippen LogP contribution in [0.4, 0.5) is 0 Å². The van der Waals surface area contributed by atoms with Crippen LogP contribution in [0, 0.1) is 0 Å². The predicted molar refractivity (Wildman–Crippen MR) is 76.6 cm³/mol. The van der Waals surface area contributed by atoms with Gasteiger partial charge in [0.15, 0.2) is 0 Å². The van der Waals surface area contributed by atoms with Gasteiger partial charge >= 0.3 is 5.97 Å². The molecule has 7 heteroatoms. The minimum atomic E-state index is -3.68. The van der Waals surface area contributed by atoms with Crippen molar-refractivity contribution in [2.24, 2.45) is 0 Å². The number of benzene rings is 1. The van der Waals surface area contributed by atoms with E-state index >= 15 is 0 Å². The normalized spacial score (nSPS) is 13.7. The zero-order chi connectivity index (χ0) is 15.3. The average Bonchev–Trinajstić information content (AvgIpc) is 2.38. The highest BCUT2D eigenvalue weighted by Crippen LogP contribution is 2.15. The summed E-state index contributed by atoms with van der Waals surface area (Å²) in [7, 11) is -2.23. The minimum Gasteiger partial charge on any atom is -0.481 e. The minimum absolute atomic E-state index is 0.182. The summed E-state index contributed by atoms with van der Waals surface area (Å²) >= 11 is 0. The summed E-state index contributed by atoms with van der Waals surface area (Å²) in [5, 5.41) is 9.22. The van der Waals surface area contributed by atoms with Crippen LogP contribution < -0.4 is 4.72 Å². The Hall–Kier alpha value is -1.44. The van der Waals surface area contributed by atoms with Crippen molar-refractivity contribution >= 4 is 16.2 Å². The van der Waals surface area contributed by atoms with E-state index in [1.54, 1.807) is 44.2 Å². The van der Waals surface area contributed by atoms with Gasteiger partial charge in [-0.2, -0.15) is 12.7 Å². The van der Waals surface area contributed by atoms with Gasteiger partial charge in [0.25, 0.3) is 10.2 Å². The molecular weight excluding hydrogens is 280 g/mol. The number of hydrogen-bond acceptors (Lipinski definition) is 3. The molecule has 0 fully saturated rings. The number of carbonyl (C=O) groups is 1. The second kappa shape index (κ2) is 6.83. The fourth-order valence-corrected chi connectivity index (χ4v) is 2.74. The summed E-state index contributed by atoms with van der Waals surface area (Å²) < 4.78 is 27.4. The zero-order valence-electron chi connectivity index (χ0n) is 11.8. The number of carboxylic acid groups (broad SMARTS) is 1. The predicted octanol–water partition coefficient (Wildman–Crippen LogP) is 1.03. The van der Waals surface area contributed by atoms with Gasteiger partial charge in [0.2, 0.25) is 0 Å². The molecule has 1 rings (SSSR count). The molecule has 0 aliphatic carbocycles. The molecule has 0 heterocycles. The van der Waals surface area contributed by atoms with E-state index in [0.29, 0.717) is 5.56 Å². The Kier molecular flexibility index (Phi) is 5.67. The second-order valence-electron chi connectivity index (χ2n) is 4.76. The van der Waals surface area contributed by atoms with Crippen LogP contribution in [0.15, 0.2) is 30.3 Å². The maximum absolute atomic E-state index is 12.0. The Balaban J connectivity index is 2.82. The molecule has 0 radical (unpaired) electrons. The first-order valence-corrected chi connectivity index (χ1v) is 7.70. The Bertz CT molecular complexity index is 543. The van der Waals surface area contributed by atoms with Crippen LogP contribution in [0.3, 0.4) is 0 Å². The number of aliphatic carboxylic acids is 1. The van der Waals surface area contributed by atoms with Gasteiger partial charge in [0.1, 0.15) is 0 Å². The lowest BCUT2D eigenvalue weighted by molar-refractivity contribution is -0.138. The first-order chi connectivity index (χ1) is 9.25. The molecule has 6 nitrogen and oxygen atoms in total. The highest BCUT2D eigenvalue weighted by Gasteiger charge is 2.25. The number of carboxylic acids is 1. The maximum Gasteiger partial charge on any atom is 0.312 e. The molecule has 112 valence electrons. The topological polar surface area (TPSA) is 86.7 Å². The van der Waals surface area contributed by atoms with E-state index in [1.165, 1.54) is 7.05 Å². The Morgan fingerprint density at radius 3 is 2.30 bits per heavy atom. The van der Waals surface area contributed by atoms with Crippen molar-refractivity contribution < 1.29 is 18.3 Å². The third-order valence-corrected chi connectivity index (χ3v) is 4.79. The van der Waals surface area contributed by atoms with Gasteiger partial charge in [0, 0.05) is 19.6 Å². The second-order valence-corrected chi connectivity index (χ2v) is 6.58. The van der Waals surface area contributed by atoms with Crippen molar-refractivity contribution in [3.8, 4) is 0 Å². The van der Waals surface area contributed by atoms with E-state index in [4.69, 9.17) is 0 Å². The molecule has 0 aromatic heterocycles. The largest absolute Gasteiger partial charge is 0.481 e. The summed E-state index contributed by atoms with van der Waals surface area (Å²) in [6, 6.07) is 8.35. The fraction of sp³-hybridized carbons (Fsp3) is 0.462. The third kappa shape index (κ3) is 4.29. The lowest BCUT2D eigenvalue weighted by Crippen LogP contribution is -2.44. The van der Waals surface area contributed by atoms with Gasteiger partial charge in [-0.15, -0.1) is 0 Å². The molecule has 0 saturated carbocycles. The molecule has 1 aromatic carbocycles. The van der Waals surface area contributed by atoms with Gasteiger partial charge in [-0.1, -0.05) is 30.3 Å². The van der Waals surface area contributed by atoms with E-state index in [1.807, 2.05) is 0 Å². The van der Waals surface area contributed by atoms with Crippen molar-refractivity contribution in [3.05, 3.63) is 35.9 Å². The molecule has 0 bridgehead atoms. The number of nitrogens with zero attached hydrogens (tertiary/aromatic N) is 1. The van der Waals surface area contributed by atoms with Crippen molar-refractivity contribution in [2.75, 3.05) is 13.6 Å². The summed E-state index contributed by atoms with van der Waals surface area (Å²) in [5.74, 6) is -1.97. The lowest BCUT2D eigenvalue weighted by atomic mass is 10.00. The Labute approximate surface area is 119 Å². The number of hydrogen-bond donors (Lipinski definition) is 2. The highest BCUT2D eigenvalue weighted by molar-refractivity contribution is 7.87. The number of nitrogens with one attached hydrogen (secondary N) is 1. The van der Waals surface area contributed by atoms with Crippen LogP contribution in [0.1, 0.15) is 25.3 Å². The molecule has 1 unspecified atom stereocenters. The molecule has 20 heavy (non-hydrogen) atoms. The summed E-state index contributed by atoms with van der Waals surface area (Å²) in [6.45, 7) is 3.30. The molecule has 1 atom stereocenters. The summed E-state index contributed by atoms with van der Waals surface area (Å²) in [4.78, 5) is 11.3. The van der Waals surface area contributed by atoms with Crippen LogP contribution in [-0.4, -0.2) is 43.4 Å². The molecule has 2 N–H and O–H groups in total. The van der Waals surface area contributed by atoms with E-state index in [2.05, 4.69) is 4.72 Å². The highest BCUT2D eigenvalue weighted by atomic mass is 32.2. The lowest BCUT2D eigenvalue weighted by Gasteiger charge is -2.22. The molecule has 1 aromatic rings. The Morgan fingerprint density at radius 2 is 1.85 bits per heavy atom. The molecular formula is C13H20N2O4S. The van der Waals surface area contributed by atoms with E-state index in [-0.39, 0.29) is 12.6 Å².